The normalized spacial score (nSPS) is 11.0. The standard InChI is InChI=1S/C13H19BN2/c1-5-6-14(3)12-7-10(2)13-11(8-12)9-16(4)15-13/h7-9H,5-6H2,1-4H3. The zero-order valence-electron chi connectivity index (χ0n) is 10.6. The van der Waals surface area contributed by atoms with E-state index < -0.39 is 0 Å². The first-order valence-electron chi connectivity index (χ1n) is 6.05. The van der Waals surface area contributed by atoms with Gasteiger partial charge in [-0.1, -0.05) is 44.1 Å². The molecule has 0 aliphatic rings. The first-order chi connectivity index (χ1) is 7.61. The fourth-order valence-electron chi connectivity index (χ4n) is 2.34. The highest BCUT2D eigenvalue weighted by atomic mass is 15.2. The van der Waals surface area contributed by atoms with Gasteiger partial charge in [0.05, 0.1) is 5.52 Å². The van der Waals surface area contributed by atoms with Gasteiger partial charge in [-0.15, -0.1) is 0 Å². The van der Waals surface area contributed by atoms with Crippen molar-refractivity contribution in [3.8, 4) is 0 Å². The van der Waals surface area contributed by atoms with Crippen LogP contribution in [0, 0.1) is 6.92 Å². The minimum atomic E-state index is 0.647. The summed E-state index contributed by atoms with van der Waals surface area (Å²) in [6, 6.07) is 4.57. The van der Waals surface area contributed by atoms with Crippen LogP contribution in [-0.2, 0) is 7.05 Å². The molecule has 0 fully saturated rings. The van der Waals surface area contributed by atoms with Crippen molar-refractivity contribution >= 4 is 23.1 Å². The van der Waals surface area contributed by atoms with Crippen LogP contribution in [0.5, 0.6) is 0 Å². The topological polar surface area (TPSA) is 17.8 Å². The summed E-state index contributed by atoms with van der Waals surface area (Å²) >= 11 is 0. The van der Waals surface area contributed by atoms with Crippen LogP contribution in [0.4, 0.5) is 0 Å². The maximum absolute atomic E-state index is 4.48. The zero-order chi connectivity index (χ0) is 11.7. The molecule has 0 aliphatic heterocycles. The molecule has 1 aromatic carbocycles. The zero-order valence-corrected chi connectivity index (χ0v) is 10.6. The van der Waals surface area contributed by atoms with Crippen LogP contribution in [0.25, 0.3) is 10.9 Å². The second-order valence-corrected chi connectivity index (χ2v) is 4.77. The van der Waals surface area contributed by atoms with E-state index in [0.29, 0.717) is 6.71 Å². The van der Waals surface area contributed by atoms with Crippen molar-refractivity contribution in [3.05, 3.63) is 23.9 Å². The van der Waals surface area contributed by atoms with Crippen LogP contribution in [0.15, 0.2) is 18.3 Å². The summed E-state index contributed by atoms with van der Waals surface area (Å²) in [5, 5.41) is 5.74. The molecule has 84 valence electrons. The Morgan fingerprint density at radius 3 is 2.81 bits per heavy atom. The molecular weight excluding hydrogens is 195 g/mol. The van der Waals surface area contributed by atoms with E-state index >= 15 is 0 Å². The molecule has 2 nitrogen and oxygen atoms in total. The van der Waals surface area contributed by atoms with E-state index in [1.807, 2.05) is 11.7 Å². The molecule has 0 aliphatic carbocycles. The van der Waals surface area contributed by atoms with Gasteiger partial charge in [0.15, 0.2) is 6.71 Å². The smallest absolute Gasteiger partial charge is 0.172 e. The Kier molecular flexibility index (Phi) is 3.04. The molecule has 0 bridgehead atoms. The third-order valence-corrected chi connectivity index (χ3v) is 3.23. The number of benzene rings is 1. The lowest BCUT2D eigenvalue weighted by molar-refractivity contribution is 0.779. The average molecular weight is 214 g/mol. The van der Waals surface area contributed by atoms with Gasteiger partial charge in [0.2, 0.25) is 0 Å². The highest BCUT2D eigenvalue weighted by Crippen LogP contribution is 2.15. The van der Waals surface area contributed by atoms with Gasteiger partial charge in [-0.25, -0.2) is 0 Å². The molecule has 0 saturated carbocycles. The summed E-state index contributed by atoms with van der Waals surface area (Å²) in [7, 11) is 1.98. The van der Waals surface area contributed by atoms with E-state index in [0.717, 1.165) is 5.52 Å². The lowest BCUT2D eigenvalue weighted by atomic mass is 9.44. The first kappa shape index (κ1) is 11.2. The maximum atomic E-state index is 4.48. The van der Waals surface area contributed by atoms with Gasteiger partial charge in [0.25, 0.3) is 0 Å². The van der Waals surface area contributed by atoms with Crippen molar-refractivity contribution in [2.24, 2.45) is 7.05 Å². The summed E-state index contributed by atoms with van der Waals surface area (Å²) in [4.78, 5) is 0. The molecule has 0 radical (unpaired) electrons. The molecule has 0 saturated heterocycles. The fourth-order valence-corrected chi connectivity index (χ4v) is 2.34. The number of aryl methyl sites for hydroxylation is 2. The maximum Gasteiger partial charge on any atom is 0.172 e. The number of rotatable bonds is 3. The van der Waals surface area contributed by atoms with Crippen LogP contribution in [-0.4, -0.2) is 16.5 Å². The van der Waals surface area contributed by atoms with Crippen LogP contribution >= 0.6 is 0 Å². The minimum absolute atomic E-state index is 0.647. The third kappa shape index (κ3) is 1.99. The number of nitrogens with zero attached hydrogens (tertiary/aromatic N) is 2. The predicted octanol–water partition coefficient (Wildman–Crippen LogP) is 2.62. The Bertz CT molecular complexity index is 502. The van der Waals surface area contributed by atoms with E-state index in [1.54, 1.807) is 0 Å². The Balaban J connectivity index is 2.48. The molecular formula is C13H19BN2. The quantitative estimate of drug-likeness (QED) is 0.718. The third-order valence-electron chi connectivity index (χ3n) is 3.23. The van der Waals surface area contributed by atoms with Crippen LogP contribution in [0.3, 0.4) is 0 Å². The van der Waals surface area contributed by atoms with E-state index in [4.69, 9.17) is 0 Å². The van der Waals surface area contributed by atoms with Crippen molar-refractivity contribution in [1.82, 2.24) is 9.78 Å². The van der Waals surface area contributed by atoms with E-state index in [1.165, 1.54) is 29.2 Å². The van der Waals surface area contributed by atoms with E-state index in [-0.39, 0.29) is 0 Å². The summed E-state index contributed by atoms with van der Waals surface area (Å²) in [5.41, 5.74) is 3.87. The SMILES string of the molecule is CCCB(C)c1cc(C)c2nn(C)cc2c1. The van der Waals surface area contributed by atoms with Gasteiger partial charge in [-0.3, -0.25) is 4.68 Å². The van der Waals surface area contributed by atoms with Crippen LogP contribution in [0.2, 0.25) is 13.1 Å². The lowest BCUT2D eigenvalue weighted by Gasteiger charge is -2.08. The molecule has 0 spiro atoms. The summed E-state index contributed by atoms with van der Waals surface area (Å²) in [5.74, 6) is 0. The van der Waals surface area contributed by atoms with Crippen molar-refractivity contribution < 1.29 is 0 Å². The van der Waals surface area contributed by atoms with Gasteiger partial charge in [0.1, 0.15) is 0 Å². The molecule has 3 heteroatoms. The number of hydrogen-bond acceptors (Lipinski definition) is 1. The second kappa shape index (κ2) is 4.32. The highest BCUT2D eigenvalue weighted by molar-refractivity contribution is 6.72. The first-order valence-corrected chi connectivity index (χ1v) is 6.05. The Hall–Kier alpha value is -1.25. The monoisotopic (exact) mass is 214 g/mol. The van der Waals surface area contributed by atoms with Gasteiger partial charge in [0, 0.05) is 18.6 Å². The number of aromatic nitrogens is 2. The van der Waals surface area contributed by atoms with Crippen LogP contribution < -0.4 is 5.46 Å². The molecule has 2 rings (SSSR count). The Morgan fingerprint density at radius 1 is 1.38 bits per heavy atom. The number of hydrogen-bond donors (Lipinski definition) is 0. The minimum Gasteiger partial charge on any atom is -0.275 e. The number of fused-ring (bicyclic) bond motifs is 1. The van der Waals surface area contributed by atoms with Crippen molar-refractivity contribution in [2.75, 3.05) is 0 Å². The van der Waals surface area contributed by atoms with Crippen LogP contribution in [0.1, 0.15) is 18.9 Å². The average Bonchev–Trinajstić information content (AvgIpc) is 2.59. The van der Waals surface area contributed by atoms with Gasteiger partial charge < -0.3 is 0 Å². The Morgan fingerprint density at radius 2 is 2.12 bits per heavy atom. The molecule has 1 heterocycles. The molecule has 0 N–H and O–H groups in total. The molecule has 1 aromatic heterocycles. The van der Waals surface area contributed by atoms with Crippen molar-refractivity contribution in [3.63, 3.8) is 0 Å². The van der Waals surface area contributed by atoms with E-state index in [9.17, 15) is 0 Å². The Labute approximate surface area is 97.7 Å². The van der Waals surface area contributed by atoms with Gasteiger partial charge in [-0.05, 0) is 12.5 Å². The van der Waals surface area contributed by atoms with Crippen molar-refractivity contribution in [2.45, 2.75) is 33.4 Å². The molecule has 0 amide bonds. The summed E-state index contributed by atoms with van der Waals surface area (Å²) < 4.78 is 1.89. The molecule has 0 atom stereocenters. The van der Waals surface area contributed by atoms with Gasteiger partial charge in [-0.2, -0.15) is 5.10 Å². The largest absolute Gasteiger partial charge is 0.275 e. The highest BCUT2D eigenvalue weighted by Gasteiger charge is 2.12. The lowest BCUT2D eigenvalue weighted by Crippen LogP contribution is -2.26. The molecule has 0 unspecified atom stereocenters. The summed E-state index contributed by atoms with van der Waals surface area (Å²) in [6.45, 7) is 7.34. The fraction of sp³-hybridized carbons (Fsp3) is 0.462. The second-order valence-electron chi connectivity index (χ2n) is 4.77. The van der Waals surface area contributed by atoms with E-state index in [2.05, 4.69) is 44.1 Å². The summed E-state index contributed by atoms with van der Waals surface area (Å²) in [6.07, 6.45) is 4.60. The molecule has 16 heavy (non-hydrogen) atoms. The van der Waals surface area contributed by atoms with Crippen molar-refractivity contribution in [1.29, 1.82) is 0 Å². The predicted molar refractivity (Wildman–Crippen MR) is 71.8 cm³/mol. The van der Waals surface area contributed by atoms with Gasteiger partial charge >= 0.3 is 0 Å². The molecule has 2 aromatic rings.